The molecule has 0 aliphatic carbocycles. The van der Waals surface area contributed by atoms with E-state index in [0.29, 0.717) is 23.4 Å². The molecule has 0 aliphatic rings. The first-order valence-corrected chi connectivity index (χ1v) is 13.5. The molecule has 37 heavy (non-hydrogen) atoms. The number of unbranched alkanes of at least 4 members (excludes halogenated alkanes) is 1. The van der Waals surface area contributed by atoms with Crippen LogP contribution in [0.4, 0.5) is 5.82 Å². The Morgan fingerprint density at radius 3 is 2.32 bits per heavy atom. The highest BCUT2D eigenvalue weighted by molar-refractivity contribution is 6.08. The van der Waals surface area contributed by atoms with Gasteiger partial charge in [0.05, 0.1) is 23.7 Å². The number of carbonyl (C=O) groups excluding carboxylic acids is 1. The van der Waals surface area contributed by atoms with E-state index in [0.717, 1.165) is 61.1 Å². The van der Waals surface area contributed by atoms with Crippen LogP contribution in [0.1, 0.15) is 73.8 Å². The van der Waals surface area contributed by atoms with Gasteiger partial charge >= 0.3 is 5.97 Å². The fraction of sp³-hybridized carbons (Fsp3) is 0.433. The molecule has 0 saturated heterocycles. The quantitative estimate of drug-likeness (QED) is 0.241. The average molecular weight is 502 g/mol. The van der Waals surface area contributed by atoms with Crippen molar-refractivity contribution in [1.82, 2.24) is 19.4 Å². The van der Waals surface area contributed by atoms with Gasteiger partial charge in [-0.1, -0.05) is 51.5 Å². The Bertz CT molecular complexity index is 1350. The molecule has 0 unspecified atom stereocenters. The van der Waals surface area contributed by atoms with Crippen LogP contribution in [0.25, 0.3) is 21.9 Å². The number of pyridine rings is 1. The molecule has 2 heterocycles. The Kier molecular flexibility index (Phi) is 8.77. The Hall–Kier alpha value is -3.45. The molecular formula is C30H39N5O2. The second-order valence-electron chi connectivity index (χ2n) is 9.73. The summed E-state index contributed by atoms with van der Waals surface area (Å²) in [4.78, 5) is 24.1. The maximum Gasteiger partial charge on any atom is 0.337 e. The van der Waals surface area contributed by atoms with Crippen LogP contribution in [0.2, 0.25) is 0 Å². The van der Waals surface area contributed by atoms with Crippen LogP contribution in [0, 0.1) is 0 Å². The molecule has 2 aromatic heterocycles. The number of nitrogens with zero attached hydrogens (tertiary/aromatic N) is 4. The van der Waals surface area contributed by atoms with Crippen molar-refractivity contribution in [2.45, 2.75) is 66.0 Å². The number of nitrogen functional groups attached to an aromatic ring is 1. The summed E-state index contributed by atoms with van der Waals surface area (Å²) in [6, 6.07) is 14.4. The number of methoxy groups -OCH3 is 1. The highest BCUT2D eigenvalue weighted by Crippen LogP contribution is 2.31. The van der Waals surface area contributed by atoms with Crippen molar-refractivity contribution in [3.05, 3.63) is 65.0 Å². The third-order valence-corrected chi connectivity index (χ3v) is 6.81. The summed E-state index contributed by atoms with van der Waals surface area (Å²) in [5.74, 6) is 0.996. The largest absolute Gasteiger partial charge is 0.465 e. The van der Waals surface area contributed by atoms with Gasteiger partial charge in [0.1, 0.15) is 11.3 Å². The molecule has 0 saturated carbocycles. The van der Waals surface area contributed by atoms with Crippen LogP contribution in [0.5, 0.6) is 0 Å². The number of fused-ring (bicyclic) bond motifs is 3. The van der Waals surface area contributed by atoms with Crippen molar-refractivity contribution >= 4 is 33.7 Å². The fourth-order valence-electron chi connectivity index (χ4n) is 4.99. The molecule has 2 aromatic carbocycles. The lowest BCUT2D eigenvalue weighted by Gasteiger charge is -2.21. The predicted molar refractivity (Wildman–Crippen MR) is 151 cm³/mol. The first-order chi connectivity index (χ1) is 18.0. The van der Waals surface area contributed by atoms with Gasteiger partial charge in [0, 0.05) is 24.9 Å². The molecular weight excluding hydrogens is 462 g/mol. The molecule has 0 aliphatic heterocycles. The van der Waals surface area contributed by atoms with Crippen molar-refractivity contribution in [3.8, 4) is 0 Å². The molecule has 0 spiro atoms. The molecule has 4 rings (SSSR count). The van der Waals surface area contributed by atoms with E-state index in [-0.39, 0.29) is 0 Å². The van der Waals surface area contributed by atoms with E-state index in [1.807, 2.05) is 6.07 Å². The smallest absolute Gasteiger partial charge is 0.337 e. The monoisotopic (exact) mass is 501 g/mol. The SMILES string of the molecule is CCCCc1nc2c(N)nc3cc(C(=O)OC)ccc3c2n1Cc1ccc(CN(CCC)CCC)cc1. The number of hydrogen-bond donors (Lipinski definition) is 1. The lowest BCUT2D eigenvalue weighted by atomic mass is 10.1. The van der Waals surface area contributed by atoms with Crippen LogP contribution in [-0.2, 0) is 24.2 Å². The molecule has 0 amide bonds. The van der Waals surface area contributed by atoms with Crippen molar-refractivity contribution in [1.29, 1.82) is 0 Å². The van der Waals surface area contributed by atoms with E-state index in [2.05, 4.69) is 59.5 Å². The van der Waals surface area contributed by atoms with Crippen LogP contribution in [0.3, 0.4) is 0 Å². The summed E-state index contributed by atoms with van der Waals surface area (Å²) >= 11 is 0. The summed E-state index contributed by atoms with van der Waals surface area (Å²) in [5.41, 5.74) is 11.7. The van der Waals surface area contributed by atoms with Gasteiger partial charge in [0.25, 0.3) is 0 Å². The minimum atomic E-state index is -0.393. The molecule has 196 valence electrons. The number of rotatable bonds is 12. The van der Waals surface area contributed by atoms with Crippen molar-refractivity contribution in [2.24, 2.45) is 0 Å². The van der Waals surface area contributed by atoms with Gasteiger partial charge in [-0.2, -0.15) is 0 Å². The standard InChI is InChI=1S/C30H39N5O2/c1-5-8-9-26-33-27-28(24-15-14-23(30(36)37-4)18-25(24)32-29(27)31)35(26)20-22-12-10-21(11-13-22)19-34(16-6-2)17-7-3/h10-15,18H,5-9,16-17,19-20H2,1-4H3,(H2,31,32). The lowest BCUT2D eigenvalue weighted by molar-refractivity contribution is 0.0601. The Morgan fingerprint density at radius 2 is 1.68 bits per heavy atom. The second-order valence-corrected chi connectivity index (χ2v) is 9.73. The number of nitrogens with two attached hydrogens (primary N) is 1. The lowest BCUT2D eigenvalue weighted by Crippen LogP contribution is -2.24. The first-order valence-electron chi connectivity index (χ1n) is 13.5. The number of benzene rings is 2. The summed E-state index contributed by atoms with van der Waals surface area (Å²) in [6.45, 7) is 10.6. The number of aromatic nitrogens is 3. The predicted octanol–water partition coefficient (Wildman–Crippen LogP) is 5.97. The van der Waals surface area contributed by atoms with Gasteiger partial charge in [-0.3, -0.25) is 4.90 Å². The molecule has 0 radical (unpaired) electrons. The highest BCUT2D eigenvalue weighted by Gasteiger charge is 2.19. The van der Waals surface area contributed by atoms with Gasteiger partial charge in [0.2, 0.25) is 0 Å². The highest BCUT2D eigenvalue weighted by atomic mass is 16.5. The summed E-state index contributed by atoms with van der Waals surface area (Å²) in [7, 11) is 1.38. The van der Waals surface area contributed by atoms with Crippen molar-refractivity contribution in [3.63, 3.8) is 0 Å². The number of carbonyl (C=O) groups is 1. The van der Waals surface area contributed by atoms with Crippen LogP contribution < -0.4 is 5.73 Å². The maximum atomic E-state index is 12.1. The van der Waals surface area contributed by atoms with E-state index in [9.17, 15) is 4.79 Å². The summed E-state index contributed by atoms with van der Waals surface area (Å²) < 4.78 is 7.17. The maximum absolute atomic E-state index is 12.1. The van der Waals surface area contributed by atoms with E-state index in [1.165, 1.54) is 31.1 Å². The van der Waals surface area contributed by atoms with Gasteiger partial charge in [-0.05, 0) is 61.7 Å². The van der Waals surface area contributed by atoms with E-state index in [1.54, 1.807) is 12.1 Å². The van der Waals surface area contributed by atoms with Gasteiger partial charge in [0.15, 0.2) is 5.82 Å². The number of esters is 1. The van der Waals surface area contributed by atoms with Crippen LogP contribution in [-0.4, -0.2) is 45.6 Å². The van der Waals surface area contributed by atoms with E-state index in [4.69, 9.17) is 15.5 Å². The fourth-order valence-corrected chi connectivity index (χ4v) is 4.99. The van der Waals surface area contributed by atoms with Crippen LogP contribution in [0.15, 0.2) is 42.5 Å². The molecule has 4 aromatic rings. The number of anilines is 1. The number of imidazole rings is 1. The third kappa shape index (κ3) is 5.93. The van der Waals surface area contributed by atoms with Gasteiger partial charge < -0.3 is 15.0 Å². The molecule has 0 atom stereocenters. The molecule has 2 N–H and O–H groups in total. The zero-order valence-corrected chi connectivity index (χ0v) is 22.6. The van der Waals surface area contributed by atoms with Crippen LogP contribution >= 0.6 is 0 Å². The minimum absolute atomic E-state index is 0.378. The first kappa shape index (κ1) is 26.6. The molecule has 7 heteroatoms. The van der Waals surface area contributed by atoms with E-state index < -0.39 is 5.97 Å². The zero-order chi connectivity index (χ0) is 26.4. The number of hydrogen-bond acceptors (Lipinski definition) is 6. The van der Waals surface area contributed by atoms with Crippen molar-refractivity contribution < 1.29 is 9.53 Å². The number of aryl methyl sites for hydroxylation is 1. The average Bonchev–Trinajstić information content (AvgIpc) is 3.27. The minimum Gasteiger partial charge on any atom is -0.465 e. The zero-order valence-electron chi connectivity index (χ0n) is 22.6. The number of ether oxygens (including phenoxy) is 1. The molecule has 0 bridgehead atoms. The third-order valence-electron chi connectivity index (χ3n) is 6.81. The Labute approximate surface area is 219 Å². The van der Waals surface area contributed by atoms with E-state index >= 15 is 0 Å². The summed E-state index contributed by atoms with van der Waals surface area (Å²) in [6.07, 6.45) is 5.33. The summed E-state index contributed by atoms with van der Waals surface area (Å²) in [5, 5.41) is 0.929. The van der Waals surface area contributed by atoms with Gasteiger partial charge in [-0.15, -0.1) is 0 Å². The molecule has 0 fully saturated rings. The Balaban J connectivity index is 1.73. The second kappa shape index (κ2) is 12.2. The molecule has 7 nitrogen and oxygen atoms in total. The normalized spacial score (nSPS) is 11.6. The topological polar surface area (TPSA) is 86.3 Å². The van der Waals surface area contributed by atoms with Gasteiger partial charge in [-0.25, -0.2) is 14.8 Å². The Morgan fingerprint density at radius 1 is 0.973 bits per heavy atom. The van der Waals surface area contributed by atoms with Crippen molar-refractivity contribution in [2.75, 3.05) is 25.9 Å².